The molecule has 1 aliphatic rings. The summed E-state index contributed by atoms with van der Waals surface area (Å²) in [6.45, 7) is 7.62. The Bertz CT molecular complexity index is 323. The van der Waals surface area contributed by atoms with Crippen LogP contribution in [0.15, 0.2) is 4.52 Å². The number of hydrogen-bond acceptors (Lipinski definition) is 5. The number of aromatic nitrogens is 2. The second kappa shape index (κ2) is 5.41. The predicted octanol–water partition coefficient (Wildman–Crippen LogP) is 0.972. The molecule has 5 nitrogen and oxygen atoms in total. The van der Waals surface area contributed by atoms with Crippen LogP contribution in [0.5, 0.6) is 0 Å². The van der Waals surface area contributed by atoms with E-state index in [0.717, 1.165) is 37.8 Å². The van der Waals surface area contributed by atoms with Crippen LogP contribution in [-0.4, -0.2) is 36.4 Å². The first-order valence-electron chi connectivity index (χ1n) is 5.92. The molecule has 1 unspecified atom stereocenters. The molecule has 90 valence electrons. The molecule has 1 fully saturated rings. The molecule has 0 amide bonds. The van der Waals surface area contributed by atoms with Crippen LogP contribution in [0.25, 0.3) is 0 Å². The third kappa shape index (κ3) is 2.59. The van der Waals surface area contributed by atoms with Crippen molar-refractivity contribution in [2.45, 2.75) is 26.2 Å². The van der Waals surface area contributed by atoms with E-state index in [1.165, 1.54) is 0 Å². The SMILES string of the molecule is CCOCCc1noc(C(C)C2CNC2)n1. The van der Waals surface area contributed by atoms with Crippen molar-refractivity contribution in [2.75, 3.05) is 26.3 Å². The Labute approximate surface area is 95.6 Å². The molecule has 0 aromatic carbocycles. The lowest BCUT2D eigenvalue weighted by atomic mass is 9.89. The summed E-state index contributed by atoms with van der Waals surface area (Å²) in [6, 6.07) is 0. The molecule has 5 heteroatoms. The molecule has 1 saturated heterocycles. The number of nitrogens with zero attached hydrogens (tertiary/aromatic N) is 2. The van der Waals surface area contributed by atoms with Gasteiger partial charge in [0.05, 0.1) is 6.61 Å². The standard InChI is InChI=1S/C11H19N3O2/c1-3-15-5-4-10-13-11(16-14-10)8(2)9-6-12-7-9/h8-9,12H,3-7H2,1-2H3. The highest BCUT2D eigenvalue weighted by Crippen LogP contribution is 2.25. The van der Waals surface area contributed by atoms with Gasteiger partial charge < -0.3 is 14.6 Å². The van der Waals surface area contributed by atoms with Crippen LogP contribution in [0, 0.1) is 5.92 Å². The average molecular weight is 225 g/mol. The van der Waals surface area contributed by atoms with Crippen molar-refractivity contribution in [2.24, 2.45) is 5.92 Å². The van der Waals surface area contributed by atoms with Crippen LogP contribution >= 0.6 is 0 Å². The fourth-order valence-electron chi connectivity index (χ4n) is 1.73. The topological polar surface area (TPSA) is 60.2 Å². The molecule has 2 heterocycles. The molecule has 0 bridgehead atoms. The van der Waals surface area contributed by atoms with Crippen molar-refractivity contribution in [3.05, 3.63) is 11.7 Å². The Morgan fingerprint density at radius 3 is 3.00 bits per heavy atom. The van der Waals surface area contributed by atoms with E-state index in [4.69, 9.17) is 9.26 Å². The van der Waals surface area contributed by atoms with Crippen LogP contribution < -0.4 is 5.32 Å². The van der Waals surface area contributed by atoms with Crippen molar-refractivity contribution < 1.29 is 9.26 Å². The molecule has 0 radical (unpaired) electrons. The van der Waals surface area contributed by atoms with Crippen LogP contribution in [0.1, 0.15) is 31.5 Å². The van der Waals surface area contributed by atoms with E-state index in [1.54, 1.807) is 0 Å². The monoisotopic (exact) mass is 225 g/mol. The molecular formula is C11H19N3O2. The minimum atomic E-state index is 0.356. The van der Waals surface area contributed by atoms with E-state index in [0.29, 0.717) is 18.4 Å². The van der Waals surface area contributed by atoms with Gasteiger partial charge in [0.25, 0.3) is 0 Å². The van der Waals surface area contributed by atoms with Gasteiger partial charge in [0.1, 0.15) is 0 Å². The van der Waals surface area contributed by atoms with E-state index in [-0.39, 0.29) is 0 Å². The lowest BCUT2D eigenvalue weighted by Gasteiger charge is -2.30. The fourth-order valence-corrected chi connectivity index (χ4v) is 1.73. The van der Waals surface area contributed by atoms with Crippen molar-refractivity contribution in [3.8, 4) is 0 Å². The zero-order valence-electron chi connectivity index (χ0n) is 9.90. The van der Waals surface area contributed by atoms with Gasteiger partial charge in [-0.25, -0.2) is 0 Å². The molecule has 0 spiro atoms. The summed E-state index contributed by atoms with van der Waals surface area (Å²) in [5, 5.41) is 7.21. The first-order valence-corrected chi connectivity index (χ1v) is 5.92. The molecule has 1 aliphatic heterocycles. The van der Waals surface area contributed by atoms with Gasteiger partial charge in [0.2, 0.25) is 5.89 Å². The molecule has 1 atom stereocenters. The summed E-state index contributed by atoms with van der Waals surface area (Å²) in [5.74, 6) is 2.51. The second-order valence-electron chi connectivity index (χ2n) is 4.20. The van der Waals surface area contributed by atoms with Gasteiger partial charge in [-0.2, -0.15) is 4.98 Å². The van der Waals surface area contributed by atoms with Gasteiger partial charge in [-0.05, 0) is 25.9 Å². The first kappa shape index (κ1) is 11.5. The smallest absolute Gasteiger partial charge is 0.229 e. The third-order valence-electron chi connectivity index (χ3n) is 3.07. The van der Waals surface area contributed by atoms with Crippen molar-refractivity contribution >= 4 is 0 Å². The minimum Gasteiger partial charge on any atom is -0.381 e. The fraction of sp³-hybridized carbons (Fsp3) is 0.818. The Hall–Kier alpha value is -0.940. The lowest BCUT2D eigenvalue weighted by Crippen LogP contribution is -2.44. The van der Waals surface area contributed by atoms with Crippen molar-refractivity contribution in [1.29, 1.82) is 0 Å². The molecule has 1 aromatic heterocycles. The van der Waals surface area contributed by atoms with E-state index < -0.39 is 0 Å². The molecule has 2 rings (SSSR count). The number of rotatable bonds is 6. The van der Waals surface area contributed by atoms with Gasteiger partial charge in [-0.3, -0.25) is 0 Å². The summed E-state index contributed by atoms with van der Waals surface area (Å²) in [5.41, 5.74) is 0. The molecule has 16 heavy (non-hydrogen) atoms. The maximum Gasteiger partial charge on any atom is 0.229 e. The number of nitrogens with one attached hydrogen (secondary N) is 1. The maximum atomic E-state index is 5.27. The number of ether oxygens (including phenoxy) is 1. The van der Waals surface area contributed by atoms with E-state index >= 15 is 0 Å². The first-order chi connectivity index (χ1) is 7.81. The van der Waals surface area contributed by atoms with Crippen LogP contribution in [0.2, 0.25) is 0 Å². The molecule has 1 aromatic rings. The van der Waals surface area contributed by atoms with Crippen LogP contribution in [-0.2, 0) is 11.2 Å². The average Bonchev–Trinajstić information content (AvgIpc) is 2.64. The minimum absolute atomic E-state index is 0.356. The van der Waals surface area contributed by atoms with Gasteiger partial charge in [0.15, 0.2) is 5.82 Å². The Balaban J connectivity index is 1.85. The van der Waals surface area contributed by atoms with E-state index in [9.17, 15) is 0 Å². The Morgan fingerprint density at radius 1 is 1.56 bits per heavy atom. The lowest BCUT2D eigenvalue weighted by molar-refractivity contribution is 0.149. The summed E-state index contributed by atoms with van der Waals surface area (Å²) in [4.78, 5) is 4.40. The van der Waals surface area contributed by atoms with E-state index in [2.05, 4.69) is 22.4 Å². The van der Waals surface area contributed by atoms with Crippen LogP contribution in [0.4, 0.5) is 0 Å². The summed E-state index contributed by atoms with van der Waals surface area (Å²) in [6.07, 6.45) is 0.729. The molecule has 0 aliphatic carbocycles. The zero-order valence-corrected chi connectivity index (χ0v) is 9.90. The summed E-state index contributed by atoms with van der Waals surface area (Å²) < 4.78 is 10.5. The maximum absolute atomic E-state index is 5.27. The normalized spacial score (nSPS) is 18.4. The van der Waals surface area contributed by atoms with E-state index in [1.807, 2.05) is 6.92 Å². The van der Waals surface area contributed by atoms with Crippen LogP contribution in [0.3, 0.4) is 0 Å². The quantitative estimate of drug-likeness (QED) is 0.731. The van der Waals surface area contributed by atoms with Gasteiger partial charge >= 0.3 is 0 Å². The van der Waals surface area contributed by atoms with Crippen molar-refractivity contribution in [1.82, 2.24) is 15.5 Å². The van der Waals surface area contributed by atoms with Gasteiger partial charge in [-0.15, -0.1) is 0 Å². The van der Waals surface area contributed by atoms with Gasteiger partial charge in [0, 0.05) is 18.9 Å². The molecular weight excluding hydrogens is 206 g/mol. The largest absolute Gasteiger partial charge is 0.381 e. The zero-order chi connectivity index (χ0) is 11.4. The Morgan fingerprint density at radius 2 is 2.38 bits per heavy atom. The summed E-state index contributed by atoms with van der Waals surface area (Å²) >= 11 is 0. The number of hydrogen-bond donors (Lipinski definition) is 1. The Kier molecular flexibility index (Phi) is 3.90. The third-order valence-corrected chi connectivity index (χ3v) is 3.07. The molecule has 0 saturated carbocycles. The highest BCUT2D eigenvalue weighted by Gasteiger charge is 2.28. The summed E-state index contributed by atoms with van der Waals surface area (Å²) in [7, 11) is 0. The van der Waals surface area contributed by atoms with Gasteiger partial charge in [-0.1, -0.05) is 12.1 Å². The van der Waals surface area contributed by atoms with Crippen molar-refractivity contribution in [3.63, 3.8) is 0 Å². The second-order valence-corrected chi connectivity index (χ2v) is 4.20. The molecule has 1 N–H and O–H groups in total. The predicted molar refractivity (Wildman–Crippen MR) is 59.3 cm³/mol. The highest BCUT2D eigenvalue weighted by molar-refractivity contribution is 4.98. The highest BCUT2D eigenvalue weighted by atomic mass is 16.5.